The summed E-state index contributed by atoms with van der Waals surface area (Å²) in [5.74, 6) is 0.0649. The van der Waals surface area contributed by atoms with Gasteiger partial charge in [0.2, 0.25) is 0 Å². The van der Waals surface area contributed by atoms with Gasteiger partial charge in [-0.25, -0.2) is 4.98 Å². The molecule has 0 aliphatic carbocycles. The number of carbonyl (C=O) groups is 1. The van der Waals surface area contributed by atoms with Gasteiger partial charge >= 0.3 is 0 Å². The first kappa shape index (κ1) is 13.4. The zero-order valence-electron chi connectivity index (χ0n) is 9.93. The zero-order valence-corrected chi connectivity index (χ0v) is 9.93. The van der Waals surface area contributed by atoms with Gasteiger partial charge in [-0.2, -0.15) is 0 Å². The molecule has 6 nitrogen and oxygen atoms in total. The van der Waals surface area contributed by atoms with Crippen LogP contribution in [-0.4, -0.2) is 44.2 Å². The number of aromatic nitrogens is 1. The van der Waals surface area contributed by atoms with Crippen molar-refractivity contribution < 1.29 is 9.53 Å². The van der Waals surface area contributed by atoms with Crippen LogP contribution in [0.25, 0.3) is 0 Å². The van der Waals surface area contributed by atoms with Crippen LogP contribution in [-0.2, 0) is 4.74 Å². The minimum atomic E-state index is -0.493. The van der Waals surface area contributed by atoms with Crippen LogP contribution in [0.1, 0.15) is 10.4 Å². The second kappa shape index (κ2) is 6.82. The van der Waals surface area contributed by atoms with Crippen molar-refractivity contribution in [3.63, 3.8) is 0 Å². The number of nitrogens with zero attached hydrogens (tertiary/aromatic N) is 2. The van der Waals surface area contributed by atoms with E-state index in [0.717, 1.165) is 0 Å². The molecule has 1 heterocycles. The summed E-state index contributed by atoms with van der Waals surface area (Å²) in [6.45, 7) is 2.22. The Morgan fingerprint density at radius 2 is 2.29 bits per heavy atom. The van der Waals surface area contributed by atoms with E-state index in [1.807, 2.05) is 4.90 Å². The highest BCUT2D eigenvalue weighted by Crippen LogP contribution is 2.15. The van der Waals surface area contributed by atoms with Crippen molar-refractivity contribution in [2.45, 2.75) is 0 Å². The van der Waals surface area contributed by atoms with E-state index in [9.17, 15) is 4.79 Å². The maximum absolute atomic E-state index is 11.3. The molecule has 0 fully saturated rings. The Balaban J connectivity index is 2.95. The molecule has 1 aromatic rings. The Bertz CT molecular complexity index is 370. The summed E-state index contributed by atoms with van der Waals surface area (Å²) >= 11 is 0. The van der Waals surface area contributed by atoms with Crippen LogP contribution in [0.3, 0.4) is 0 Å². The van der Waals surface area contributed by atoms with E-state index in [2.05, 4.69) is 4.98 Å². The molecule has 0 aromatic carbocycles. The van der Waals surface area contributed by atoms with Gasteiger partial charge in [-0.1, -0.05) is 0 Å². The Morgan fingerprint density at radius 1 is 1.53 bits per heavy atom. The molecule has 17 heavy (non-hydrogen) atoms. The predicted molar refractivity (Wildman–Crippen MR) is 65.9 cm³/mol. The van der Waals surface area contributed by atoms with Crippen LogP contribution in [0, 0.1) is 0 Å². The summed E-state index contributed by atoms with van der Waals surface area (Å²) in [7, 11) is 1.62. The van der Waals surface area contributed by atoms with Gasteiger partial charge in [-0.05, 0) is 12.1 Å². The zero-order chi connectivity index (χ0) is 12.7. The van der Waals surface area contributed by atoms with Crippen LogP contribution in [0.15, 0.2) is 18.3 Å². The molecule has 1 amide bonds. The number of methoxy groups -OCH3 is 1. The fraction of sp³-hybridized carbons (Fsp3) is 0.455. The number of ether oxygens (including phenoxy) is 1. The molecule has 0 atom stereocenters. The van der Waals surface area contributed by atoms with Gasteiger partial charge in [0.25, 0.3) is 5.91 Å². The third-order valence-corrected chi connectivity index (χ3v) is 2.32. The van der Waals surface area contributed by atoms with Crippen molar-refractivity contribution in [2.75, 3.05) is 38.3 Å². The normalized spacial score (nSPS) is 10.2. The molecule has 0 unspecified atom stereocenters. The molecule has 0 aliphatic rings. The number of amides is 1. The molecular formula is C11H18N4O2. The number of primary amides is 1. The average Bonchev–Trinajstić information content (AvgIpc) is 2.34. The molecule has 0 aliphatic heterocycles. The molecule has 0 saturated carbocycles. The second-order valence-corrected chi connectivity index (χ2v) is 3.51. The maximum atomic E-state index is 11.3. The lowest BCUT2D eigenvalue weighted by atomic mass is 10.2. The van der Waals surface area contributed by atoms with Crippen LogP contribution in [0.5, 0.6) is 0 Å². The van der Waals surface area contributed by atoms with E-state index in [-0.39, 0.29) is 0 Å². The number of hydrogen-bond acceptors (Lipinski definition) is 5. The van der Waals surface area contributed by atoms with Crippen molar-refractivity contribution in [2.24, 2.45) is 11.5 Å². The summed E-state index contributed by atoms with van der Waals surface area (Å²) < 4.78 is 5.01. The van der Waals surface area contributed by atoms with Crippen LogP contribution < -0.4 is 16.4 Å². The lowest BCUT2D eigenvalue weighted by Crippen LogP contribution is -2.34. The number of carbonyl (C=O) groups excluding carboxylic acids is 1. The van der Waals surface area contributed by atoms with E-state index in [1.54, 1.807) is 25.4 Å². The Morgan fingerprint density at radius 3 is 2.88 bits per heavy atom. The minimum absolute atomic E-state index is 0.400. The highest BCUT2D eigenvalue weighted by molar-refractivity contribution is 5.97. The first-order chi connectivity index (χ1) is 8.20. The van der Waals surface area contributed by atoms with E-state index < -0.39 is 5.91 Å². The lowest BCUT2D eigenvalue weighted by Gasteiger charge is -2.24. The van der Waals surface area contributed by atoms with Gasteiger partial charge in [0.05, 0.1) is 12.2 Å². The van der Waals surface area contributed by atoms with Crippen LogP contribution in [0.2, 0.25) is 0 Å². The first-order valence-corrected chi connectivity index (χ1v) is 5.39. The van der Waals surface area contributed by atoms with Gasteiger partial charge in [-0.3, -0.25) is 4.79 Å². The number of hydrogen-bond donors (Lipinski definition) is 2. The predicted octanol–water partition coefficient (Wildman–Crippen LogP) is -0.408. The van der Waals surface area contributed by atoms with Crippen molar-refractivity contribution >= 4 is 11.7 Å². The van der Waals surface area contributed by atoms with Crippen LogP contribution in [0.4, 0.5) is 5.82 Å². The van der Waals surface area contributed by atoms with E-state index in [0.29, 0.717) is 37.6 Å². The third kappa shape index (κ3) is 3.69. The van der Waals surface area contributed by atoms with Gasteiger partial charge in [0.1, 0.15) is 5.82 Å². The summed E-state index contributed by atoms with van der Waals surface area (Å²) in [5, 5.41) is 0. The number of nitrogens with two attached hydrogens (primary N) is 2. The Hall–Kier alpha value is -1.66. The number of rotatable bonds is 7. The molecule has 6 heteroatoms. The molecule has 1 aromatic heterocycles. The van der Waals surface area contributed by atoms with Crippen molar-refractivity contribution in [3.8, 4) is 0 Å². The molecular weight excluding hydrogens is 220 g/mol. The average molecular weight is 238 g/mol. The quantitative estimate of drug-likeness (QED) is 0.673. The summed E-state index contributed by atoms with van der Waals surface area (Å²) in [6, 6.07) is 3.33. The van der Waals surface area contributed by atoms with E-state index >= 15 is 0 Å². The lowest BCUT2D eigenvalue weighted by molar-refractivity contribution is 0.100. The van der Waals surface area contributed by atoms with E-state index in [4.69, 9.17) is 16.2 Å². The van der Waals surface area contributed by atoms with Gasteiger partial charge in [0.15, 0.2) is 0 Å². The van der Waals surface area contributed by atoms with Crippen LogP contribution >= 0.6 is 0 Å². The molecule has 0 saturated heterocycles. The fourth-order valence-electron chi connectivity index (χ4n) is 1.52. The molecule has 4 N–H and O–H groups in total. The maximum Gasteiger partial charge on any atom is 0.252 e. The molecule has 94 valence electrons. The highest BCUT2D eigenvalue weighted by Gasteiger charge is 2.14. The number of pyridine rings is 1. The molecule has 1 rings (SSSR count). The van der Waals surface area contributed by atoms with Crippen molar-refractivity contribution in [1.82, 2.24) is 4.98 Å². The third-order valence-electron chi connectivity index (χ3n) is 2.32. The first-order valence-electron chi connectivity index (χ1n) is 5.39. The van der Waals surface area contributed by atoms with Gasteiger partial charge in [0, 0.05) is 32.9 Å². The van der Waals surface area contributed by atoms with E-state index in [1.165, 1.54) is 0 Å². The van der Waals surface area contributed by atoms with Crippen molar-refractivity contribution in [1.29, 1.82) is 0 Å². The van der Waals surface area contributed by atoms with Gasteiger partial charge < -0.3 is 21.1 Å². The number of anilines is 1. The Labute approximate surface area is 101 Å². The Kier molecular flexibility index (Phi) is 5.38. The van der Waals surface area contributed by atoms with Crippen molar-refractivity contribution in [3.05, 3.63) is 23.9 Å². The van der Waals surface area contributed by atoms with Gasteiger partial charge in [-0.15, -0.1) is 0 Å². The standard InChI is InChI=1S/C11H18N4O2/c1-17-8-7-15(6-4-12)11-9(10(13)16)3-2-5-14-11/h2-3,5H,4,6-8,12H2,1H3,(H2,13,16). The smallest absolute Gasteiger partial charge is 0.252 e. The fourth-order valence-corrected chi connectivity index (χ4v) is 1.52. The molecule has 0 spiro atoms. The molecule has 0 radical (unpaired) electrons. The SMILES string of the molecule is COCCN(CCN)c1ncccc1C(N)=O. The summed E-state index contributed by atoms with van der Waals surface area (Å²) in [5.41, 5.74) is 11.2. The largest absolute Gasteiger partial charge is 0.383 e. The minimum Gasteiger partial charge on any atom is -0.383 e. The highest BCUT2D eigenvalue weighted by atomic mass is 16.5. The molecule has 0 bridgehead atoms. The summed E-state index contributed by atoms with van der Waals surface area (Å²) in [4.78, 5) is 17.4. The monoisotopic (exact) mass is 238 g/mol. The topological polar surface area (TPSA) is 94.5 Å². The second-order valence-electron chi connectivity index (χ2n) is 3.51. The summed E-state index contributed by atoms with van der Waals surface area (Å²) in [6.07, 6.45) is 1.62.